The van der Waals surface area contributed by atoms with Crippen LogP contribution in [0.2, 0.25) is 0 Å². The van der Waals surface area contributed by atoms with E-state index in [4.69, 9.17) is 0 Å². The van der Waals surface area contributed by atoms with Gasteiger partial charge < -0.3 is 0 Å². The number of hydrogen-bond acceptors (Lipinski definition) is 5. The van der Waals surface area contributed by atoms with Crippen LogP contribution in [-0.4, -0.2) is 26.7 Å². The highest BCUT2D eigenvalue weighted by molar-refractivity contribution is 7.13. The molecule has 0 saturated heterocycles. The fourth-order valence-electron chi connectivity index (χ4n) is 3.55. The van der Waals surface area contributed by atoms with E-state index < -0.39 is 0 Å². The summed E-state index contributed by atoms with van der Waals surface area (Å²) >= 11 is 1.52. The molecule has 5 nitrogen and oxygen atoms in total. The zero-order chi connectivity index (χ0) is 21.2. The lowest BCUT2D eigenvalue weighted by molar-refractivity contribution is -0.123. The van der Waals surface area contributed by atoms with Crippen molar-refractivity contribution in [3.63, 3.8) is 0 Å². The third-order valence-electron chi connectivity index (χ3n) is 5.05. The molecule has 3 heterocycles. The van der Waals surface area contributed by atoms with Crippen LogP contribution >= 0.6 is 11.3 Å². The Morgan fingerprint density at radius 2 is 1.58 bits per heavy atom. The van der Waals surface area contributed by atoms with E-state index in [1.54, 1.807) is 42.6 Å². The second-order valence-electron chi connectivity index (χ2n) is 7.06. The van der Waals surface area contributed by atoms with Crippen LogP contribution in [0, 0.1) is 0 Å². The van der Waals surface area contributed by atoms with Gasteiger partial charge in [-0.1, -0.05) is 54.6 Å². The highest BCUT2D eigenvalue weighted by Gasteiger charge is 2.35. The molecule has 31 heavy (non-hydrogen) atoms. The first kappa shape index (κ1) is 19.1. The van der Waals surface area contributed by atoms with Crippen molar-refractivity contribution in [3.05, 3.63) is 107 Å². The number of pyridine rings is 1. The van der Waals surface area contributed by atoms with Gasteiger partial charge in [-0.05, 0) is 24.3 Å². The third-order valence-corrected chi connectivity index (χ3v) is 5.96. The van der Waals surface area contributed by atoms with Crippen LogP contribution in [0.4, 0.5) is 0 Å². The lowest BCUT2D eigenvalue weighted by atomic mass is 9.92. The maximum Gasteiger partial charge on any atom is 0.261 e. The Labute approximate surface area is 183 Å². The minimum Gasteiger partial charge on any atom is -0.269 e. The molecule has 0 N–H and O–H groups in total. The highest BCUT2D eigenvalue weighted by Crippen LogP contribution is 2.32. The van der Waals surface area contributed by atoms with Gasteiger partial charge >= 0.3 is 0 Å². The van der Waals surface area contributed by atoms with Crippen LogP contribution in [0.3, 0.4) is 0 Å². The summed E-state index contributed by atoms with van der Waals surface area (Å²) in [7, 11) is 0. The number of benzene rings is 2. The number of carbonyl (C=O) groups excluding carboxylic acids is 2. The Morgan fingerprint density at radius 1 is 0.839 bits per heavy atom. The SMILES string of the molecule is O=C1/C(=C\c2csc(-c3ccccc3)n2)c2ccccc2C(=O)N1Cc1ccccn1. The first-order chi connectivity index (χ1) is 15.2. The third kappa shape index (κ3) is 3.69. The largest absolute Gasteiger partial charge is 0.269 e. The molecule has 2 aromatic carbocycles. The summed E-state index contributed by atoms with van der Waals surface area (Å²) in [6.45, 7) is 0.122. The Balaban J connectivity index is 1.55. The molecule has 2 amide bonds. The van der Waals surface area contributed by atoms with Gasteiger partial charge in [-0.3, -0.25) is 19.5 Å². The van der Waals surface area contributed by atoms with Crippen LogP contribution in [0.25, 0.3) is 22.2 Å². The summed E-state index contributed by atoms with van der Waals surface area (Å²) < 4.78 is 0. The lowest BCUT2D eigenvalue weighted by Crippen LogP contribution is -2.41. The van der Waals surface area contributed by atoms with Crippen LogP contribution in [0.15, 0.2) is 84.4 Å². The molecule has 0 saturated carbocycles. The van der Waals surface area contributed by atoms with Crippen molar-refractivity contribution in [2.24, 2.45) is 0 Å². The molecule has 1 aliphatic heterocycles. The van der Waals surface area contributed by atoms with Gasteiger partial charge in [0.1, 0.15) is 5.01 Å². The van der Waals surface area contributed by atoms with Crippen LogP contribution in [0.5, 0.6) is 0 Å². The average molecular weight is 423 g/mol. The summed E-state index contributed by atoms with van der Waals surface area (Å²) in [4.78, 5) is 36.6. The fourth-order valence-corrected chi connectivity index (χ4v) is 4.34. The van der Waals surface area contributed by atoms with E-state index in [-0.39, 0.29) is 18.4 Å². The molecule has 0 bridgehead atoms. The minimum atomic E-state index is -0.344. The van der Waals surface area contributed by atoms with Gasteiger partial charge in [0.25, 0.3) is 11.8 Å². The van der Waals surface area contributed by atoms with Gasteiger partial charge in [0.15, 0.2) is 0 Å². The van der Waals surface area contributed by atoms with E-state index >= 15 is 0 Å². The van der Waals surface area contributed by atoms with Crippen LogP contribution in [0.1, 0.15) is 27.3 Å². The van der Waals surface area contributed by atoms with Crippen molar-refractivity contribution in [1.29, 1.82) is 0 Å². The molecule has 0 spiro atoms. The van der Waals surface area contributed by atoms with Crippen molar-refractivity contribution in [3.8, 4) is 10.6 Å². The Hall–Kier alpha value is -3.90. The molecule has 1 aliphatic rings. The monoisotopic (exact) mass is 423 g/mol. The number of thiazole rings is 1. The molecule has 0 radical (unpaired) electrons. The maximum atomic E-state index is 13.4. The molecular formula is C25H17N3O2S. The van der Waals surface area contributed by atoms with Crippen molar-refractivity contribution in [2.75, 3.05) is 0 Å². The first-order valence-electron chi connectivity index (χ1n) is 9.79. The van der Waals surface area contributed by atoms with Gasteiger partial charge in [-0.25, -0.2) is 4.98 Å². The number of carbonyl (C=O) groups is 2. The van der Waals surface area contributed by atoms with E-state index in [1.165, 1.54) is 16.2 Å². The number of nitrogens with zero attached hydrogens (tertiary/aromatic N) is 3. The fraction of sp³-hybridized carbons (Fsp3) is 0.0400. The van der Waals surface area contributed by atoms with Crippen molar-refractivity contribution < 1.29 is 9.59 Å². The van der Waals surface area contributed by atoms with Crippen molar-refractivity contribution >= 4 is 34.8 Å². The van der Waals surface area contributed by atoms with E-state index in [9.17, 15) is 9.59 Å². The summed E-state index contributed by atoms with van der Waals surface area (Å²) in [5.41, 5.74) is 3.96. The molecule has 150 valence electrons. The van der Waals surface area contributed by atoms with Gasteiger partial charge in [-0.15, -0.1) is 11.3 Å². The number of aromatic nitrogens is 2. The second-order valence-corrected chi connectivity index (χ2v) is 7.92. The predicted molar refractivity (Wildman–Crippen MR) is 121 cm³/mol. The molecular weight excluding hydrogens is 406 g/mol. The molecule has 0 unspecified atom stereocenters. The standard InChI is InChI=1S/C25H17N3O2S/c29-24-21-12-5-4-11-20(21)22(25(30)28(24)15-18-10-6-7-13-26-18)14-19-16-31-23(27-19)17-8-2-1-3-9-17/h1-14,16H,15H2/b22-14-. The molecule has 0 fully saturated rings. The van der Waals surface area contributed by atoms with Crippen molar-refractivity contribution in [1.82, 2.24) is 14.9 Å². The predicted octanol–water partition coefficient (Wildman–Crippen LogP) is 4.93. The van der Waals surface area contributed by atoms with Crippen LogP contribution < -0.4 is 0 Å². The molecule has 2 aromatic heterocycles. The lowest BCUT2D eigenvalue weighted by Gasteiger charge is -2.28. The summed E-state index contributed by atoms with van der Waals surface area (Å²) in [6.07, 6.45) is 3.42. The average Bonchev–Trinajstić information content (AvgIpc) is 3.29. The maximum absolute atomic E-state index is 13.4. The number of fused-ring (bicyclic) bond motifs is 1. The Kier molecular flexibility index (Phi) is 4.98. The Morgan fingerprint density at radius 3 is 2.35 bits per heavy atom. The molecule has 0 atom stereocenters. The van der Waals surface area contributed by atoms with E-state index in [2.05, 4.69) is 9.97 Å². The number of amides is 2. The van der Waals surface area contributed by atoms with E-state index in [1.807, 2.05) is 47.8 Å². The second kappa shape index (κ2) is 8.08. The van der Waals surface area contributed by atoms with Gasteiger partial charge in [-0.2, -0.15) is 0 Å². The van der Waals surface area contributed by atoms with E-state index in [0.29, 0.717) is 28.1 Å². The van der Waals surface area contributed by atoms with E-state index in [0.717, 1.165) is 10.6 Å². The van der Waals surface area contributed by atoms with Crippen molar-refractivity contribution in [2.45, 2.75) is 6.54 Å². The number of hydrogen-bond donors (Lipinski definition) is 0. The smallest absolute Gasteiger partial charge is 0.261 e. The van der Waals surface area contributed by atoms with Gasteiger partial charge in [0.2, 0.25) is 0 Å². The molecule has 0 aliphatic carbocycles. The Bertz CT molecular complexity index is 1300. The van der Waals surface area contributed by atoms with Gasteiger partial charge in [0.05, 0.1) is 23.5 Å². The quantitative estimate of drug-likeness (QED) is 0.345. The molecule has 5 rings (SSSR count). The van der Waals surface area contributed by atoms with Crippen LogP contribution in [-0.2, 0) is 11.3 Å². The summed E-state index contributed by atoms with van der Waals surface area (Å²) in [5.74, 6) is -0.657. The zero-order valence-corrected chi connectivity index (χ0v) is 17.3. The normalized spacial score (nSPS) is 14.7. The zero-order valence-electron chi connectivity index (χ0n) is 16.4. The summed E-state index contributed by atoms with van der Waals surface area (Å²) in [5, 5.41) is 2.80. The topological polar surface area (TPSA) is 63.2 Å². The molecule has 4 aromatic rings. The molecule has 6 heteroatoms. The minimum absolute atomic E-state index is 0.122. The van der Waals surface area contributed by atoms with Gasteiger partial charge in [0, 0.05) is 28.3 Å². The first-order valence-corrected chi connectivity index (χ1v) is 10.7. The summed E-state index contributed by atoms with van der Waals surface area (Å²) in [6, 6.07) is 22.5. The number of rotatable bonds is 4. The highest BCUT2D eigenvalue weighted by atomic mass is 32.1. The number of imide groups is 1.